The van der Waals surface area contributed by atoms with Gasteiger partial charge >= 0.3 is 0 Å². The van der Waals surface area contributed by atoms with Crippen LogP contribution in [0.1, 0.15) is 38.2 Å². The van der Waals surface area contributed by atoms with E-state index in [-0.39, 0.29) is 0 Å². The second-order valence-corrected chi connectivity index (χ2v) is 4.94. The predicted molar refractivity (Wildman–Crippen MR) is 75.1 cm³/mol. The zero-order valence-corrected chi connectivity index (χ0v) is 11.7. The van der Waals surface area contributed by atoms with Crippen molar-refractivity contribution < 1.29 is 0 Å². The van der Waals surface area contributed by atoms with Gasteiger partial charge in [-0.05, 0) is 32.7 Å². The van der Waals surface area contributed by atoms with E-state index in [1.165, 1.54) is 12.8 Å². The van der Waals surface area contributed by atoms with Crippen molar-refractivity contribution in [1.82, 2.24) is 15.3 Å². The normalized spacial score (nSPS) is 17.2. The molecule has 1 fully saturated rings. The molecule has 2 rings (SSSR count). The largest absolute Gasteiger partial charge is 0.356 e. The van der Waals surface area contributed by atoms with E-state index in [0.29, 0.717) is 6.04 Å². The lowest BCUT2D eigenvalue weighted by Crippen LogP contribution is -2.42. The van der Waals surface area contributed by atoms with Crippen LogP contribution < -0.4 is 10.2 Å². The zero-order chi connectivity index (χ0) is 13.0. The molecule has 0 amide bonds. The van der Waals surface area contributed by atoms with Crippen LogP contribution in [0.15, 0.2) is 6.07 Å². The summed E-state index contributed by atoms with van der Waals surface area (Å²) in [5, 5.41) is 3.53. The van der Waals surface area contributed by atoms with Crippen molar-refractivity contribution in [1.29, 1.82) is 0 Å². The van der Waals surface area contributed by atoms with E-state index in [1.54, 1.807) is 0 Å². The molecule has 1 aliphatic heterocycles. The van der Waals surface area contributed by atoms with Gasteiger partial charge in [0.1, 0.15) is 11.6 Å². The number of nitrogens with zero attached hydrogens (tertiary/aromatic N) is 3. The fourth-order valence-corrected chi connectivity index (χ4v) is 2.56. The fourth-order valence-electron chi connectivity index (χ4n) is 2.56. The summed E-state index contributed by atoms with van der Waals surface area (Å²) >= 11 is 0. The van der Waals surface area contributed by atoms with Crippen LogP contribution in [-0.4, -0.2) is 35.6 Å². The van der Waals surface area contributed by atoms with Gasteiger partial charge in [-0.1, -0.05) is 13.8 Å². The maximum atomic E-state index is 4.57. The van der Waals surface area contributed by atoms with Crippen LogP contribution in [-0.2, 0) is 6.42 Å². The van der Waals surface area contributed by atoms with Gasteiger partial charge in [-0.15, -0.1) is 0 Å². The lowest BCUT2D eigenvalue weighted by atomic mass is 10.1. The highest BCUT2D eigenvalue weighted by Crippen LogP contribution is 2.19. The number of aryl methyl sites for hydroxylation is 2. The molecule has 18 heavy (non-hydrogen) atoms. The molecular formula is C14H24N4. The van der Waals surface area contributed by atoms with Crippen LogP contribution in [0.4, 0.5) is 5.82 Å². The van der Waals surface area contributed by atoms with Gasteiger partial charge in [0.2, 0.25) is 0 Å². The third-order valence-electron chi connectivity index (χ3n) is 3.55. The van der Waals surface area contributed by atoms with Crippen LogP contribution in [0.25, 0.3) is 0 Å². The van der Waals surface area contributed by atoms with E-state index in [0.717, 1.165) is 43.4 Å². The molecule has 1 saturated heterocycles. The Morgan fingerprint density at radius 3 is 2.61 bits per heavy atom. The molecule has 1 aromatic rings. The minimum absolute atomic E-state index is 0.680. The molecule has 0 saturated carbocycles. The van der Waals surface area contributed by atoms with E-state index in [1.807, 2.05) is 6.92 Å². The molecule has 0 bridgehead atoms. The first-order chi connectivity index (χ1) is 8.72. The Morgan fingerprint density at radius 1 is 1.28 bits per heavy atom. The molecule has 2 heterocycles. The summed E-state index contributed by atoms with van der Waals surface area (Å²) in [6.07, 6.45) is 3.39. The summed E-state index contributed by atoms with van der Waals surface area (Å²) in [5.41, 5.74) is 1.14. The molecule has 0 radical (unpaired) electrons. The Morgan fingerprint density at radius 2 is 2.00 bits per heavy atom. The SMILES string of the molecule is CCNC1CCN(c2cc(CC)nc(C)n2)CC1. The summed E-state index contributed by atoms with van der Waals surface area (Å²) < 4.78 is 0. The molecule has 0 atom stereocenters. The maximum Gasteiger partial charge on any atom is 0.132 e. The molecule has 0 spiro atoms. The smallest absolute Gasteiger partial charge is 0.132 e. The summed E-state index contributed by atoms with van der Waals surface area (Å²) in [7, 11) is 0. The molecule has 1 N–H and O–H groups in total. The predicted octanol–water partition coefficient (Wildman–Crippen LogP) is 1.93. The Bertz CT molecular complexity index is 383. The number of aromatic nitrogens is 2. The lowest BCUT2D eigenvalue weighted by Gasteiger charge is -2.33. The molecule has 0 unspecified atom stereocenters. The second kappa shape index (κ2) is 6.14. The maximum absolute atomic E-state index is 4.57. The number of rotatable bonds is 4. The lowest BCUT2D eigenvalue weighted by molar-refractivity contribution is 0.422. The minimum atomic E-state index is 0.680. The standard InChI is InChI=1S/C14H24N4/c1-4-12-10-14(17-11(3)16-12)18-8-6-13(7-9-18)15-5-2/h10,13,15H,4-9H2,1-3H3. The van der Waals surface area contributed by atoms with Gasteiger partial charge in [-0.2, -0.15) is 0 Å². The van der Waals surface area contributed by atoms with Gasteiger partial charge in [-0.3, -0.25) is 0 Å². The van der Waals surface area contributed by atoms with Gasteiger partial charge in [0.15, 0.2) is 0 Å². The highest BCUT2D eigenvalue weighted by Gasteiger charge is 2.19. The van der Waals surface area contributed by atoms with E-state index in [4.69, 9.17) is 0 Å². The molecular weight excluding hydrogens is 224 g/mol. The summed E-state index contributed by atoms with van der Waals surface area (Å²) in [6, 6.07) is 2.82. The van der Waals surface area contributed by atoms with Crippen molar-refractivity contribution in [3.8, 4) is 0 Å². The molecule has 4 heteroatoms. The third-order valence-corrected chi connectivity index (χ3v) is 3.55. The van der Waals surface area contributed by atoms with Gasteiger partial charge in [0.25, 0.3) is 0 Å². The summed E-state index contributed by atoms with van der Waals surface area (Å²) in [4.78, 5) is 11.4. The molecule has 1 aliphatic rings. The first-order valence-corrected chi connectivity index (χ1v) is 7.05. The second-order valence-electron chi connectivity index (χ2n) is 4.94. The average Bonchev–Trinajstić information content (AvgIpc) is 2.39. The van der Waals surface area contributed by atoms with Crippen LogP contribution in [0, 0.1) is 6.92 Å². The molecule has 0 aliphatic carbocycles. The quantitative estimate of drug-likeness (QED) is 0.884. The van der Waals surface area contributed by atoms with Crippen molar-refractivity contribution in [3.05, 3.63) is 17.6 Å². The third kappa shape index (κ3) is 3.19. The number of piperidine rings is 1. The van der Waals surface area contributed by atoms with Crippen molar-refractivity contribution in [2.45, 2.75) is 46.1 Å². The Hall–Kier alpha value is -1.16. The monoisotopic (exact) mass is 248 g/mol. The molecule has 1 aromatic heterocycles. The first-order valence-electron chi connectivity index (χ1n) is 7.05. The van der Waals surface area contributed by atoms with E-state index in [9.17, 15) is 0 Å². The zero-order valence-electron chi connectivity index (χ0n) is 11.7. The fraction of sp³-hybridized carbons (Fsp3) is 0.714. The Balaban J connectivity index is 2.02. The number of anilines is 1. The van der Waals surface area contributed by atoms with Crippen molar-refractivity contribution in [2.75, 3.05) is 24.5 Å². The minimum Gasteiger partial charge on any atom is -0.356 e. The van der Waals surface area contributed by atoms with Crippen molar-refractivity contribution in [2.24, 2.45) is 0 Å². The van der Waals surface area contributed by atoms with E-state index in [2.05, 4.69) is 40.1 Å². The van der Waals surface area contributed by atoms with Gasteiger partial charge in [-0.25, -0.2) is 9.97 Å². The van der Waals surface area contributed by atoms with Crippen LogP contribution in [0.5, 0.6) is 0 Å². The Kier molecular flexibility index (Phi) is 4.53. The highest BCUT2D eigenvalue weighted by atomic mass is 15.2. The van der Waals surface area contributed by atoms with Crippen molar-refractivity contribution >= 4 is 5.82 Å². The van der Waals surface area contributed by atoms with Crippen LogP contribution in [0.3, 0.4) is 0 Å². The van der Waals surface area contributed by atoms with Crippen LogP contribution in [0.2, 0.25) is 0 Å². The topological polar surface area (TPSA) is 41.0 Å². The molecule has 100 valence electrons. The number of hydrogen-bond acceptors (Lipinski definition) is 4. The number of hydrogen-bond donors (Lipinski definition) is 1. The number of nitrogens with one attached hydrogen (secondary N) is 1. The summed E-state index contributed by atoms with van der Waals surface area (Å²) in [6.45, 7) is 9.55. The average molecular weight is 248 g/mol. The molecule has 4 nitrogen and oxygen atoms in total. The Labute approximate surface area is 110 Å². The van der Waals surface area contributed by atoms with E-state index >= 15 is 0 Å². The summed E-state index contributed by atoms with van der Waals surface area (Å²) in [5.74, 6) is 1.99. The van der Waals surface area contributed by atoms with Gasteiger partial charge in [0.05, 0.1) is 0 Å². The first kappa shape index (κ1) is 13.3. The van der Waals surface area contributed by atoms with Crippen LogP contribution >= 0.6 is 0 Å². The molecule has 0 aromatic carbocycles. The van der Waals surface area contributed by atoms with Gasteiger partial charge < -0.3 is 10.2 Å². The van der Waals surface area contributed by atoms with E-state index < -0.39 is 0 Å². The van der Waals surface area contributed by atoms with Crippen molar-refractivity contribution in [3.63, 3.8) is 0 Å². The highest BCUT2D eigenvalue weighted by molar-refractivity contribution is 5.40. The van der Waals surface area contributed by atoms with Gasteiger partial charge in [0, 0.05) is 30.9 Å².